The predicted molar refractivity (Wildman–Crippen MR) is 84.2 cm³/mol. The van der Waals surface area contributed by atoms with Gasteiger partial charge in [0.15, 0.2) is 0 Å². The van der Waals surface area contributed by atoms with E-state index in [9.17, 15) is 4.79 Å². The van der Waals surface area contributed by atoms with Gasteiger partial charge in [-0.2, -0.15) is 0 Å². The van der Waals surface area contributed by atoms with E-state index < -0.39 is 0 Å². The number of fused-ring (bicyclic) bond motifs is 1. The Morgan fingerprint density at radius 2 is 1.95 bits per heavy atom. The number of methoxy groups -OCH3 is 1. The average Bonchev–Trinajstić information content (AvgIpc) is 2.81. The first-order valence-electron chi connectivity index (χ1n) is 6.81. The second-order valence-electron chi connectivity index (χ2n) is 4.80. The van der Waals surface area contributed by atoms with Gasteiger partial charge in [0.25, 0.3) is 0 Å². The molecular formula is C16H17N3O2. The van der Waals surface area contributed by atoms with Gasteiger partial charge >= 0.3 is 5.69 Å². The van der Waals surface area contributed by atoms with Gasteiger partial charge in [-0.1, -0.05) is 18.2 Å². The molecule has 0 saturated carbocycles. The minimum absolute atomic E-state index is 0.112. The van der Waals surface area contributed by atoms with E-state index in [0.717, 1.165) is 22.4 Å². The number of benzene rings is 2. The van der Waals surface area contributed by atoms with Gasteiger partial charge in [-0.3, -0.25) is 4.57 Å². The third-order valence-electron chi connectivity index (χ3n) is 3.36. The monoisotopic (exact) mass is 283 g/mol. The molecule has 0 unspecified atom stereocenters. The molecule has 108 valence electrons. The van der Waals surface area contributed by atoms with Gasteiger partial charge in [0.05, 0.1) is 24.2 Å². The molecule has 1 heterocycles. The number of H-pyrrole nitrogens is 1. The van der Waals surface area contributed by atoms with E-state index in [2.05, 4.69) is 10.3 Å². The molecule has 0 saturated heterocycles. The number of rotatable bonds is 5. The summed E-state index contributed by atoms with van der Waals surface area (Å²) in [4.78, 5) is 14.8. The van der Waals surface area contributed by atoms with Gasteiger partial charge in [-0.05, 0) is 30.3 Å². The molecule has 0 aliphatic heterocycles. The topological polar surface area (TPSA) is 59.0 Å². The Labute approximate surface area is 122 Å². The molecule has 0 fully saturated rings. The third-order valence-corrected chi connectivity index (χ3v) is 3.36. The van der Waals surface area contributed by atoms with E-state index >= 15 is 0 Å². The summed E-state index contributed by atoms with van der Waals surface area (Å²) in [5.41, 5.74) is 3.54. The second kappa shape index (κ2) is 5.85. The summed E-state index contributed by atoms with van der Waals surface area (Å²) in [6.45, 7) is 1.05. The summed E-state index contributed by atoms with van der Waals surface area (Å²) in [6, 6.07) is 15.8. The lowest BCUT2D eigenvalue weighted by atomic mass is 10.2. The van der Waals surface area contributed by atoms with Crippen molar-refractivity contribution in [3.63, 3.8) is 0 Å². The Morgan fingerprint density at radius 3 is 2.71 bits per heavy atom. The van der Waals surface area contributed by atoms with Crippen LogP contribution in [0, 0.1) is 0 Å². The van der Waals surface area contributed by atoms with Crippen LogP contribution in [-0.2, 0) is 11.3 Å². The highest BCUT2D eigenvalue weighted by atomic mass is 16.5. The van der Waals surface area contributed by atoms with E-state index in [1.165, 1.54) is 0 Å². The number of nitrogens with zero attached hydrogens (tertiary/aromatic N) is 1. The lowest BCUT2D eigenvalue weighted by Crippen LogP contribution is -2.18. The fourth-order valence-corrected chi connectivity index (χ4v) is 2.33. The Kier molecular flexibility index (Phi) is 3.75. The summed E-state index contributed by atoms with van der Waals surface area (Å²) >= 11 is 0. The summed E-state index contributed by atoms with van der Waals surface area (Å²) in [5, 5.41) is 3.31. The summed E-state index contributed by atoms with van der Waals surface area (Å²) in [5.74, 6) is 0. The summed E-state index contributed by atoms with van der Waals surface area (Å²) < 4.78 is 6.72. The van der Waals surface area contributed by atoms with Gasteiger partial charge in [0.2, 0.25) is 0 Å². The number of para-hydroxylation sites is 1. The second-order valence-corrected chi connectivity index (χ2v) is 4.80. The van der Waals surface area contributed by atoms with Crippen LogP contribution in [-0.4, -0.2) is 23.3 Å². The van der Waals surface area contributed by atoms with Gasteiger partial charge < -0.3 is 15.0 Å². The highest BCUT2D eigenvalue weighted by Gasteiger charge is 2.07. The van der Waals surface area contributed by atoms with Crippen LogP contribution < -0.4 is 11.0 Å². The molecular weight excluding hydrogens is 266 g/mol. The minimum atomic E-state index is -0.112. The van der Waals surface area contributed by atoms with Crippen molar-refractivity contribution in [3.05, 3.63) is 59.0 Å². The standard InChI is InChI=1S/C16H17N3O2/c1-21-10-9-19-15-8-7-13(11-14(15)18-16(19)20)17-12-5-3-2-4-6-12/h2-8,11,17H,9-10H2,1H3,(H,18,20). The lowest BCUT2D eigenvalue weighted by molar-refractivity contribution is 0.187. The first-order chi connectivity index (χ1) is 10.3. The molecule has 5 heteroatoms. The SMILES string of the molecule is COCCn1c(=O)[nH]c2cc(Nc3ccccc3)ccc21. The van der Waals surface area contributed by atoms with Gasteiger partial charge in [-0.15, -0.1) is 0 Å². The van der Waals surface area contributed by atoms with E-state index in [1.807, 2.05) is 48.5 Å². The molecule has 5 nitrogen and oxygen atoms in total. The Bertz CT molecular complexity index is 790. The van der Waals surface area contributed by atoms with Crippen molar-refractivity contribution in [1.29, 1.82) is 0 Å². The maximum atomic E-state index is 11.9. The van der Waals surface area contributed by atoms with Crippen LogP contribution in [0.25, 0.3) is 11.0 Å². The normalized spacial score (nSPS) is 10.9. The van der Waals surface area contributed by atoms with E-state index in [4.69, 9.17) is 4.74 Å². The molecule has 0 aliphatic rings. The quantitative estimate of drug-likeness (QED) is 0.757. The largest absolute Gasteiger partial charge is 0.383 e. The van der Waals surface area contributed by atoms with Crippen molar-refractivity contribution < 1.29 is 4.74 Å². The van der Waals surface area contributed by atoms with Crippen molar-refractivity contribution in [3.8, 4) is 0 Å². The summed E-state index contributed by atoms with van der Waals surface area (Å²) in [6.07, 6.45) is 0. The predicted octanol–water partition coefficient (Wildman–Crippen LogP) is 2.72. The molecule has 0 amide bonds. The maximum absolute atomic E-state index is 11.9. The highest BCUT2D eigenvalue weighted by Crippen LogP contribution is 2.20. The number of imidazole rings is 1. The first-order valence-corrected chi connectivity index (χ1v) is 6.81. The number of ether oxygens (including phenoxy) is 1. The molecule has 21 heavy (non-hydrogen) atoms. The van der Waals surface area contributed by atoms with Crippen LogP contribution in [0.15, 0.2) is 53.3 Å². The number of anilines is 2. The summed E-state index contributed by atoms with van der Waals surface area (Å²) in [7, 11) is 1.63. The molecule has 0 radical (unpaired) electrons. The fourth-order valence-electron chi connectivity index (χ4n) is 2.33. The molecule has 0 atom stereocenters. The molecule has 0 aliphatic carbocycles. The smallest absolute Gasteiger partial charge is 0.326 e. The lowest BCUT2D eigenvalue weighted by Gasteiger charge is -2.07. The van der Waals surface area contributed by atoms with Crippen LogP contribution in [0.5, 0.6) is 0 Å². The molecule has 1 aromatic heterocycles. The fraction of sp³-hybridized carbons (Fsp3) is 0.188. The molecule has 0 spiro atoms. The molecule has 0 bridgehead atoms. The number of nitrogens with one attached hydrogen (secondary N) is 2. The first kappa shape index (κ1) is 13.5. The van der Waals surface area contributed by atoms with Crippen molar-refractivity contribution in [1.82, 2.24) is 9.55 Å². The van der Waals surface area contributed by atoms with Crippen molar-refractivity contribution in [2.24, 2.45) is 0 Å². The Morgan fingerprint density at radius 1 is 1.14 bits per heavy atom. The number of aromatic nitrogens is 2. The molecule has 3 rings (SSSR count). The van der Waals surface area contributed by atoms with Crippen molar-refractivity contribution in [2.45, 2.75) is 6.54 Å². The van der Waals surface area contributed by atoms with Gasteiger partial charge in [0.1, 0.15) is 0 Å². The van der Waals surface area contributed by atoms with Crippen molar-refractivity contribution >= 4 is 22.4 Å². The Balaban J connectivity index is 1.92. The number of aromatic amines is 1. The maximum Gasteiger partial charge on any atom is 0.326 e. The van der Waals surface area contributed by atoms with Crippen LogP contribution in [0.2, 0.25) is 0 Å². The van der Waals surface area contributed by atoms with Crippen LogP contribution >= 0.6 is 0 Å². The zero-order valence-corrected chi connectivity index (χ0v) is 11.8. The Hall–Kier alpha value is -2.53. The van der Waals surface area contributed by atoms with Crippen molar-refractivity contribution in [2.75, 3.05) is 19.0 Å². The van der Waals surface area contributed by atoms with Crippen LogP contribution in [0.4, 0.5) is 11.4 Å². The van der Waals surface area contributed by atoms with Gasteiger partial charge in [-0.25, -0.2) is 4.79 Å². The zero-order chi connectivity index (χ0) is 14.7. The average molecular weight is 283 g/mol. The number of hydrogen-bond acceptors (Lipinski definition) is 3. The number of hydrogen-bond donors (Lipinski definition) is 2. The molecule has 3 aromatic rings. The van der Waals surface area contributed by atoms with Crippen LogP contribution in [0.1, 0.15) is 0 Å². The molecule has 2 N–H and O–H groups in total. The third kappa shape index (κ3) is 2.83. The van der Waals surface area contributed by atoms with Crippen LogP contribution in [0.3, 0.4) is 0 Å². The van der Waals surface area contributed by atoms with E-state index in [1.54, 1.807) is 11.7 Å². The highest BCUT2D eigenvalue weighted by molar-refractivity contribution is 5.80. The van der Waals surface area contributed by atoms with E-state index in [-0.39, 0.29) is 5.69 Å². The zero-order valence-electron chi connectivity index (χ0n) is 11.8. The van der Waals surface area contributed by atoms with Gasteiger partial charge in [0, 0.05) is 18.5 Å². The minimum Gasteiger partial charge on any atom is -0.383 e. The molecule has 2 aromatic carbocycles. The van der Waals surface area contributed by atoms with E-state index in [0.29, 0.717) is 13.2 Å².